The Morgan fingerprint density at radius 2 is 1.80 bits per heavy atom. The summed E-state index contributed by atoms with van der Waals surface area (Å²) >= 11 is 0. The van der Waals surface area contributed by atoms with Crippen molar-refractivity contribution >= 4 is 11.8 Å². The van der Waals surface area contributed by atoms with Gasteiger partial charge in [0.2, 0.25) is 0 Å². The zero-order chi connectivity index (χ0) is 7.86. The number of hydrogen-bond acceptors (Lipinski definition) is 3. The van der Waals surface area contributed by atoms with Crippen LogP contribution in [0.1, 0.15) is 20.3 Å². The maximum Gasteiger partial charge on any atom is 0.0484 e. The molecule has 4 nitrogen and oxygen atoms in total. The quantitative estimate of drug-likeness (QED) is 0.508. The molecule has 0 aliphatic heterocycles. The molecule has 5 heteroatoms. The predicted octanol–water partition coefficient (Wildman–Crippen LogP) is 0.317. The minimum atomic E-state index is -0.583. The van der Waals surface area contributed by atoms with Crippen LogP contribution in [0.5, 0.6) is 0 Å². The molecular formula is C5H10N2O2Y-2. The SMILES string of the molecule is CC(=N)[O-].CCC([NH-])=O.[Y]. The molecule has 0 bridgehead atoms. The number of carbonyl (C=O) groups excluding carboxylic acids is 1. The van der Waals surface area contributed by atoms with E-state index in [0.717, 1.165) is 0 Å². The average molecular weight is 219 g/mol. The first-order valence-electron chi connectivity index (χ1n) is 2.47. The number of nitrogens with one attached hydrogen (secondary N) is 2. The average Bonchev–Trinajstić information content (AvgIpc) is 1.65. The van der Waals surface area contributed by atoms with Gasteiger partial charge in [0.1, 0.15) is 0 Å². The molecule has 0 aromatic carbocycles. The second-order valence-electron chi connectivity index (χ2n) is 1.33. The van der Waals surface area contributed by atoms with E-state index < -0.39 is 11.8 Å². The van der Waals surface area contributed by atoms with Gasteiger partial charge in [-0.05, 0) is 19.2 Å². The Hall–Kier alpha value is 0.0439. The molecule has 0 fully saturated rings. The van der Waals surface area contributed by atoms with E-state index in [0.29, 0.717) is 6.42 Å². The Kier molecular flexibility index (Phi) is 19.5. The third-order valence-corrected chi connectivity index (χ3v) is 0.321. The van der Waals surface area contributed by atoms with Gasteiger partial charge in [0.25, 0.3) is 0 Å². The van der Waals surface area contributed by atoms with Gasteiger partial charge >= 0.3 is 0 Å². The second kappa shape index (κ2) is 11.8. The van der Waals surface area contributed by atoms with Crippen molar-refractivity contribution in [3.8, 4) is 0 Å². The summed E-state index contributed by atoms with van der Waals surface area (Å²) < 4.78 is 0. The summed E-state index contributed by atoms with van der Waals surface area (Å²) in [7, 11) is 0. The molecule has 0 aromatic rings. The Morgan fingerprint density at radius 3 is 1.80 bits per heavy atom. The Morgan fingerprint density at radius 1 is 1.70 bits per heavy atom. The van der Waals surface area contributed by atoms with Crippen LogP contribution in [0.25, 0.3) is 5.73 Å². The van der Waals surface area contributed by atoms with Gasteiger partial charge in [0, 0.05) is 38.6 Å². The largest absolute Gasteiger partial charge is 0.862 e. The fraction of sp³-hybridized carbons (Fsp3) is 0.600. The van der Waals surface area contributed by atoms with Crippen LogP contribution in [0.3, 0.4) is 0 Å². The van der Waals surface area contributed by atoms with Crippen LogP contribution >= 0.6 is 0 Å². The normalized spacial score (nSPS) is 6.20. The van der Waals surface area contributed by atoms with Crippen molar-refractivity contribution in [2.75, 3.05) is 0 Å². The third kappa shape index (κ3) is 95.5. The molecule has 0 aliphatic rings. The van der Waals surface area contributed by atoms with Gasteiger partial charge in [0.05, 0.1) is 0 Å². The van der Waals surface area contributed by atoms with Gasteiger partial charge in [-0.15, -0.1) is 0 Å². The maximum atomic E-state index is 9.48. The molecular weight excluding hydrogens is 209 g/mol. The maximum absolute atomic E-state index is 9.48. The summed E-state index contributed by atoms with van der Waals surface area (Å²) in [5.41, 5.74) is 6.19. The van der Waals surface area contributed by atoms with Crippen molar-refractivity contribution in [2.45, 2.75) is 20.3 Å². The molecule has 1 amide bonds. The van der Waals surface area contributed by atoms with E-state index in [2.05, 4.69) is 0 Å². The van der Waals surface area contributed by atoms with Crippen LogP contribution in [0, 0.1) is 5.41 Å². The molecule has 0 aliphatic carbocycles. The summed E-state index contributed by atoms with van der Waals surface area (Å²) in [6, 6.07) is 0. The second-order valence-corrected chi connectivity index (χ2v) is 1.33. The number of hydrogen-bond donors (Lipinski definition) is 1. The summed E-state index contributed by atoms with van der Waals surface area (Å²) in [4.78, 5) is 9.48. The summed E-state index contributed by atoms with van der Waals surface area (Å²) in [6.07, 6.45) is 0.333. The van der Waals surface area contributed by atoms with Gasteiger partial charge in [-0.3, -0.25) is 0 Å². The first-order valence-corrected chi connectivity index (χ1v) is 2.47. The molecule has 0 saturated heterocycles. The van der Waals surface area contributed by atoms with E-state index in [4.69, 9.17) is 16.2 Å². The topological polar surface area (TPSA) is 87.8 Å². The molecule has 0 rings (SSSR count). The zero-order valence-corrected chi connectivity index (χ0v) is 8.94. The van der Waals surface area contributed by atoms with Crippen molar-refractivity contribution in [3.05, 3.63) is 5.73 Å². The summed E-state index contributed by atoms with van der Waals surface area (Å²) in [6.45, 7) is 2.86. The fourth-order valence-corrected chi connectivity index (χ4v) is 0. The smallest absolute Gasteiger partial charge is 0.0484 e. The Balaban J connectivity index is -0.0000000910. The summed E-state index contributed by atoms with van der Waals surface area (Å²) in [5, 5.41) is 15.1. The Bertz CT molecular complexity index is 102. The van der Waals surface area contributed by atoms with Crippen molar-refractivity contribution in [1.29, 1.82) is 5.41 Å². The summed E-state index contributed by atoms with van der Waals surface area (Å²) in [5.74, 6) is -1.08. The van der Waals surface area contributed by atoms with E-state index in [1.54, 1.807) is 6.92 Å². The van der Waals surface area contributed by atoms with E-state index in [1.807, 2.05) is 0 Å². The van der Waals surface area contributed by atoms with Crippen LogP contribution in [0.4, 0.5) is 0 Å². The predicted molar refractivity (Wildman–Crippen MR) is 33.0 cm³/mol. The van der Waals surface area contributed by atoms with Gasteiger partial charge < -0.3 is 21.0 Å². The molecule has 0 heterocycles. The number of amides is 1. The molecule has 1 radical (unpaired) electrons. The molecule has 0 saturated carbocycles. The van der Waals surface area contributed by atoms with E-state index in [-0.39, 0.29) is 32.7 Å². The number of rotatable bonds is 1. The van der Waals surface area contributed by atoms with Crippen molar-refractivity contribution in [1.82, 2.24) is 0 Å². The minimum absolute atomic E-state index is 0. The van der Waals surface area contributed by atoms with Gasteiger partial charge in [-0.1, -0.05) is 6.92 Å². The Labute approximate surface area is 85.6 Å². The van der Waals surface area contributed by atoms with Gasteiger partial charge in [0.15, 0.2) is 0 Å². The van der Waals surface area contributed by atoms with Crippen LogP contribution in [0.15, 0.2) is 0 Å². The van der Waals surface area contributed by atoms with Crippen molar-refractivity contribution in [3.63, 3.8) is 0 Å². The zero-order valence-electron chi connectivity index (χ0n) is 6.10. The van der Waals surface area contributed by atoms with Crippen LogP contribution in [0.2, 0.25) is 0 Å². The van der Waals surface area contributed by atoms with E-state index in [9.17, 15) is 4.79 Å². The number of carbonyl (C=O) groups is 1. The monoisotopic (exact) mass is 219 g/mol. The molecule has 0 aromatic heterocycles. The van der Waals surface area contributed by atoms with Gasteiger partial charge in [-0.25, -0.2) is 0 Å². The molecule has 0 unspecified atom stereocenters. The first kappa shape index (κ1) is 16.6. The van der Waals surface area contributed by atoms with E-state index >= 15 is 0 Å². The fourth-order valence-electron chi connectivity index (χ4n) is 0. The van der Waals surface area contributed by atoms with E-state index in [1.165, 1.54) is 6.92 Å². The standard InChI is InChI=1S/C3H7NO.C2H5NO.Y/c1-2-3(4)5;1-2(3)4;/h2H2,1H3,(H2,4,5);1H3,(H2,3,4);/p-2. The molecule has 2 N–H and O–H groups in total. The minimum Gasteiger partial charge on any atom is -0.862 e. The molecule has 0 atom stereocenters. The third-order valence-electron chi connectivity index (χ3n) is 0.321. The van der Waals surface area contributed by atoms with Crippen LogP contribution < -0.4 is 5.11 Å². The molecule has 0 spiro atoms. The molecule has 57 valence electrons. The van der Waals surface area contributed by atoms with Crippen LogP contribution in [-0.4, -0.2) is 11.8 Å². The first-order chi connectivity index (χ1) is 4.00. The van der Waals surface area contributed by atoms with Crippen molar-refractivity contribution in [2.24, 2.45) is 0 Å². The molecule has 10 heavy (non-hydrogen) atoms. The van der Waals surface area contributed by atoms with Crippen LogP contribution in [-0.2, 0) is 37.5 Å². The van der Waals surface area contributed by atoms with Crippen molar-refractivity contribution < 1.29 is 42.6 Å². The van der Waals surface area contributed by atoms with Gasteiger partial charge in [-0.2, -0.15) is 0 Å².